The zero-order valence-corrected chi connectivity index (χ0v) is 12.1. The van der Waals surface area contributed by atoms with E-state index in [9.17, 15) is 0 Å². The summed E-state index contributed by atoms with van der Waals surface area (Å²) < 4.78 is 0. The van der Waals surface area contributed by atoms with Crippen LogP contribution in [0.25, 0.3) is 0 Å². The van der Waals surface area contributed by atoms with Gasteiger partial charge < -0.3 is 5.32 Å². The fourth-order valence-electron chi connectivity index (χ4n) is 4.30. The summed E-state index contributed by atoms with van der Waals surface area (Å²) in [4.78, 5) is 4.37. The molecule has 1 aromatic rings. The molecule has 0 aliphatic heterocycles. The summed E-state index contributed by atoms with van der Waals surface area (Å²) in [5, 5.41) is 4.21. The van der Waals surface area contributed by atoms with E-state index in [0.717, 1.165) is 11.7 Å². The lowest BCUT2D eigenvalue weighted by Crippen LogP contribution is -2.45. The molecule has 0 amide bonds. The largest absolute Gasteiger partial charge is 0.366 e. The molecule has 18 heavy (non-hydrogen) atoms. The topological polar surface area (TPSA) is 24.9 Å². The first-order valence-electron chi connectivity index (χ1n) is 6.81. The molecule has 1 heterocycles. The van der Waals surface area contributed by atoms with Crippen LogP contribution in [-0.2, 0) is 0 Å². The molecule has 2 bridgehead atoms. The van der Waals surface area contributed by atoms with Crippen molar-refractivity contribution in [2.45, 2.75) is 46.1 Å². The molecule has 1 aromatic heterocycles. The highest BCUT2D eigenvalue weighted by Crippen LogP contribution is 2.63. The van der Waals surface area contributed by atoms with Crippen molar-refractivity contribution in [2.24, 2.45) is 16.7 Å². The van der Waals surface area contributed by atoms with Crippen molar-refractivity contribution >= 4 is 17.4 Å². The Balaban J connectivity index is 1.88. The lowest BCUT2D eigenvalue weighted by Gasteiger charge is -2.43. The molecule has 0 radical (unpaired) electrons. The van der Waals surface area contributed by atoms with Gasteiger partial charge in [0.25, 0.3) is 0 Å². The third kappa shape index (κ3) is 1.73. The van der Waals surface area contributed by atoms with Crippen LogP contribution in [-0.4, -0.2) is 11.0 Å². The lowest BCUT2D eigenvalue weighted by atomic mass is 9.68. The zero-order valence-electron chi connectivity index (χ0n) is 11.3. The van der Waals surface area contributed by atoms with Crippen LogP contribution in [0.3, 0.4) is 0 Å². The molecule has 3 heteroatoms. The number of nitrogens with one attached hydrogen (secondary N) is 1. The summed E-state index contributed by atoms with van der Waals surface area (Å²) in [5.41, 5.74) is 0.759. The molecule has 0 spiro atoms. The molecule has 3 unspecified atom stereocenters. The van der Waals surface area contributed by atoms with Crippen LogP contribution in [0.1, 0.15) is 40.0 Å². The van der Waals surface area contributed by atoms with Gasteiger partial charge in [-0.3, -0.25) is 0 Å². The van der Waals surface area contributed by atoms with Crippen molar-refractivity contribution in [3.8, 4) is 0 Å². The molecule has 3 rings (SSSR count). The Morgan fingerprint density at radius 1 is 1.33 bits per heavy atom. The molecule has 98 valence electrons. The van der Waals surface area contributed by atoms with E-state index in [1.165, 1.54) is 19.3 Å². The summed E-state index contributed by atoms with van der Waals surface area (Å²) in [6.45, 7) is 7.21. The van der Waals surface area contributed by atoms with Crippen LogP contribution >= 0.6 is 11.6 Å². The number of nitrogens with zero attached hydrogens (tertiary/aromatic N) is 1. The Morgan fingerprint density at radius 2 is 2.11 bits per heavy atom. The molecule has 2 saturated carbocycles. The highest BCUT2D eigenvalue weighted by atomic mass is 35.5. The monoisotopic (exact) mass is 264 g/mol. The van der Waals surface area contributed by atoms with E-state index in [4.69, 9.17) is 11.6 Å². The van der Waals surface area contributed by atoms with Gasteiger partial charge in [-0.15, -0.1) is 0 Å². The average molecular weight is 265 g/mol. The number of hydrogen-bond donors (Lipinski definition) is 1. The van der Waals surface area contributed by atoms with Crippen LogP contribution in [0, 0.1) is 16.7 Å². The van der Waals surface area contributed by atoms with Crippen molar-refractivity contribution in [3.63, 3.8) is 0 Å². The number of anilines is 1. The zero-order chi connectivity index (χ0) is 13.0. The van der Waals surface area contributed by atoms with Crippen LogP contribution in [0.5, 0.6) is 0 Å². The number of rotatable bonds is 2. The van der Waals surface area contributed by atoms with E-state index in [0.29, 0.717) is 22.0 Å². The molecule has 2 aliphatic rings. The minimum Gasteiger partial charge on any atom is -0.366 e. The van der Waals surface area contributed by atoms with Gasteiger partial charge in [0.15, 0.2) is 0 Å². The minimum absolute atomic E-state index is 0.344. The number of fused-ring (bicyclic) bond motifs is 2. The maximum absolute atomic E-state index is 5.96. The van der Waals surface area contributed by atoms with Crippen molar-refractivity contribution < 1.29 is 0 Å². The standard InChI is InChI=1S/C15H21ClN2/c1-14(2)10-7-8-15(3,9-10)13(14)18-12-6-4-5-11(16)17-12/h4-6,10,13H,7-9H2,1-3H3,(H,17,18). The van der Waals surface area contributed by atoms with Crippen LogP contribution < -0.4 is 5.32 Å². The quantitative estimate of drug-likeness (QED) is 0.803. The van der Waals surface area contributed by atoms with Crippen LogP contribution in [0.4, 0.5) is 5.82 Å². The summed E-state index contributed by atoms with van der Waals surface area (Å²) in [7, 11) is 0. The molecule has 3 atom stereocenters. The van der Waals surface area contributed by atoms with Crippen molar-refractivity contribution in [2.75, 3.05) is 5.32 Å². The van der Waals surface area contributed by atoms with Crippen LogP contribution in [0.2, 0.25) is 5.15 Å². The molecule has 0 aromatic carbocycles. The van der Waals surface area contributed by atoms with E-state index in [2.05, 4.69) is 31.1 Å². The van der Waals surface area contributed by atoms with E-state index < -0.39 is 0 Å². The van der Waals surface area contributed by atoms with E-state index in [1.807, 2.05) is 18.2 Å². The Hall–Kier alpha value is -0.760. The smallest absolute Gasteiger partial charge is 0.131 e. The van der Waals surface area contributed by atoms with Gasteiger partial charge in [-0.1, -0.05) is 38.4 Å². The first-order chi connectivity index (χ1) is 8.42. The Bertz CT molecular complexity index is 467. The normalized spacial score (nSPS) is 36.9. The second-order valence-electron chi connectivity index (χ2n) is 6.84. The Kier molecular flexibility index (Phi) is 2.64. The molecule has 2 nitrogen and oxygen atoms in total. The van der Waals surface area contributed by atoms with Gasteiger partial charge in [-0.05, 0) is 48.1 Å². The van der Waals surface area contributed by atoms with E-state index in [-0.39, 0.29) is 0 Å². The second-order valence-corrected chi connectivity index (χ2v) is 7.23. The van der Waals surface area contributed by atoms with E-state index >= 15 is 0 Å². The third-order valence-corrected chi connectivity index (χ3v) is 5.49. The first kappa shape index (κ1) is 12.3. The van der Waals surface area contributed by atoms with Gasteiger partial charge in [0, 0.05) is 6.04 Å². The summed E-state index contributed by atoms with van der Waals surface area (Å²) in [5.74, 6) is 1.76. The second kappa shape index (κ2) is 3.86. The van der Waals surface area contributed by atoms with Crippen LogP contribution in [0.15, 0.2) is 18.2 Å². The van der Waals surface area contributed by atoms with Gasteiger partial charge in [0.2, 0.25) is 0 Å². The Labute approximate surface area is 114 Å². The van der Waals surface area contributed by atoms with Gasteiger partial charge >= 0.3 is 0 Å². The average Bonchev–Trinajstić information content (AvgIpc) is 2.76. The highest BCUT2D eigenvalue weighted by molar-refractivity contribution is 6.29. The molecule has 1 N–H and O–H groups in total. The maximum atomic E-state index is 5.96. The minimum atomic E-state index is 0.344. The summed E-state index contributed by atoms with van der Waals surface area (Å²) in [6.07, 6.45) is 4.06. The highest BCUT2D eigenvalue weighted by Gasteiger charge is 2.59. The number of aromatic nitrogens is 1. The summed E-state index contributed by atoms with van der Waals surface area (Å²) in [6, 6.07) is 6.28. The summed E-state index contributed by atoms with van der Waals surface area (Å²) >= 11 is 5.96. The molecular weight excluding hydrogens is 244 g/mol. The predicted molar refractivity (Wildman–Crippen MR) is 75.9 cm³/mol. The Morgan fingerprint density at radius 3 is 2.72 bits per heavy atom. The van der Waals surface area contributed by atoms with Crippen molar-refractivity contribution in [3.05, 3.63) is 23.4 Å². The van der Waals surface area contributed by atoms with E-state index in [1.54, 1.807) is 0 Å². The van der Waals surface area contributed by atoms with Gasteiger partial charge in [0.1, 0.15) is 11.0 Å². The predicted octanol–water partition coefficient (Wildman–Crippen LogP) is 4.36. The molecule has 2 fully saturated rings. The SMILES string of the molecule is CC12CCC(C1)C(C)(C)C2Nc1cccc(Cl)n1. The number of hydrogen-bond acceptors (Lipinski definition) is 2. The number of halogens is 1. The van der Waals surface area contributed by atoms with Gasteiger partial charge in [0.05, 0.1) is 0 Å². The first-order valence-corrected chi connectivity index (χ1v) is 7.19. The van der Waals surface area contributed by atoms with Crippen molar-refractivity contribution in [1.82, 2.24) is 4.98 Å². The van der Waals surface area contributed by atoms with Gasteiger partial charge in [-0.2, -0.15) is 0 Å². The number of pyridine rings is 1. The fraction of sp³-hybridized carbons (Fsp3) is 0.667. The lowest BCUT2D eigenvalue weighted by molar-refractivity contribution is 0.155. The molecular formula is C15H21ClN2. The maximum Gasteiger partial charge on any atom is 0.131 e. The fourth-order valence-corrected chi connectivity index (χ4v) is 4.46. The third-order valence-electron chi connectivity index (χ3n) is 5.28. The van der Waals surface area contributed by atoms with Crippen molar-refractivity contribution in [1.29, 1.82) is 0 Å². The molecule has 0 saturated heterocycles. The van der Waals surface area contributed by atoms with Gasteiger partial charge in [-0.25, -0.2) is 4.98 Å². The molecule has 2 aliphatic carbocycles.